The lowest BCUT2D eigenvalue weighted by molar-refractivity contribution is 0.354. The molecule has 2 aromatic rings. The van der Waals surface area contributed by atoms with Crippen molar-refractivity contribution >= 4 is 15.7 Å². The molecule has 0 saturated heterocycles. The number of rotatable bonds is 6. The predicted molar refractivity (Wildman–Crippen MR) is 86.2 cm³/mol. The van der Waals surface area contributed by atoms with Gasteiger partial charge in [-0.3, -0.25) is 4.31 Å². The normalized spacial score (nSPS) is 11.1. The Morgan fingerprint density at radius 2 is 1.61 bits per heavy atom. The van der Waals surface area contributed by atoms with E-state index in [1.165, 1.54) is 61.0 Å². The fourth-order valence-corrected chi connectivity index (χ4v) is 3.69. The first-order chi connectivity index (χ1) is 10.9. The van der Waals surface area contributed by atoms with Crippen molar-refractivity contribution < 1.29 is 22.3 Å². The minimum atomic E-state index is -3.80. The molecular formula is C16H18FNO4S. The van der Waals surface area contributed by atoms with Crippen molar-refractivity contribution in [3.8, 4) is 11.5 Å². The lowest BCUT2D eigenvalue weighted by Gasteiger charge is -2.23. The zero-order chi connectivity index (χ0) is 17.0. The highest BCUT2D eigenvalue weighted by molar-refractivity contribution is 7.92. The summed E-state index contributed by atoms with van der Waals surface area (Å²) >= 11 is 0. The third-order valence-electron chi connectivity index (χ3n) is 3.34. The third kappa shape index (κ3) is 3.39. The summed E-state index contributed by atoms with van der Waals surface area (Å²) in [5, 5.41) is 0. The average molecular weight is 339 g/mol. The number of hydrogen-bond acceptors (Lipinski definition) is 4. The molecule has 0 atom stereocenters. The van der Waals surface area contributed by atoms with Gasteiger partial charge in [0.05, 0.1) is 24.8 Å². The van der Waals surface area contributed by atoms with Gasteiger partial charge in [-0.15, -0.1) is 0 Å². The second-order valence-corrected chi connectivity index (χ2v) is 6.53. The van der Waals surface area contributed by atoms with Crippen LogP contribution >= 0.6 is 0 Å². The maximum atomic E-state index is 13.1. The van der Waals surface area contributed by atoms with Gasteiger partial charge in [-0.25, -0.2) is 12.8 Å². The van der Waals surface area contributed by atoms with E-state index in [4.69, 9.17) is 9.47 Å². The first kappa shape index (κ1) is 17.1. The molecule has 2 aromatic carbocycles. The van der Waals surface area contributed by atoms with Crippen LogP contribution in [0.5, 0.6) is 11.5 Å². The second kappa shape index (κ2) is 6.87. The van der Waals surface area contributed by atoms with Gasteiger partial charge < -0.3 is 9.47 Å². The number of hydrogen-bond donors (Lipinski definition) is 0. The fraction of sp³-hybridized carbons (Fsp3) is 0.250. The number of anilines is 1. The Hall–Kier alpha value is -2.28. The van der Waals surface area contributed by atoms with Crippen LogP contribution in [0.1, 0.15) is 6.92 Å². The van der Waals surface area contributed by atoms with Crippen molar-refractivity contribution in [1.29, 1.82) is 0 Å². The largest absolute Gasteiger partial charge is 0.493 e. The predicted octanol–water partition coefficient (Wildman–Crippen LogP) is 3.06. The van der Waals surface area contributed by atoms with E-state index < -0.39 is 15.8 Å². The van der Waals surface area contributed by atoms with Gasteiger partial charge in [-0.2, -0.15) is 0 Å². The van der Waals surface area contributed by atoms with Gasteiger partial charge in [0, 0.05) is 12.6 Å². The van der Waals surface area contributed by atoms with Crippen molar-refractivity contribution in [2.45, 2.75) is 11.8 Å². The number of ether oxygens (including phenoxy) is 2. The van der Waals surface area contributed by atoms with Gasteiger partial charge in [0.25, 0.3) is 10.0 Å². The summed E-state index contributed by atoms with van der Waals surface area (Å²) in [6.45, 7) is 1.92. The first-order valence-electron chi connectivity index (χ1n) is 6.94. The van der Waals surface area contributed by atoms with Gasteiger partial charge in [0.1, 0.15) is 5.82 Å². The topological polar surface area (TPSA) is 55.8 Å². The van der Waals surface area contributed by atoms with Crippen LogP contribution in [0.25, 0.3) is 0 Å². The summed E-state index contributed by atoms with van der Waals surface area (Å²) in [5.41, 5.74) is 0.392. The monoisotopic (exact) mass is 339 g/mol. The van der Waals surface area contributed by atoms with Crippen LogP contribution in [-0.4, -0.2) is 29.2 Å². The average Bonchev–Trinajstić information content (AvgIpc) is 2.56. The Morgan fingerprint density at radius 1 is 1.00 bits per heavy atom. The summed E-state index contributed by atoms with van der Waals surface area (Å²) in [5.74, 6) is 0.341. The van der Waals surface area contributed by atoms with E-state index in [0.717, 1.165) is 0 Å². The van der Waals surface area contributed by atoms with E-state index in [0.29, 0.717) is 17.2 Å². The van der Waals surface area contributed by atoms with E-state index in [-0.39, 0.29) is 11.4 Å². The minimum absolute atomic E-state index is 0.0707. The maximum absolute atomic E-state index is 13.1. The molecule has 0 fully saturated rings. The molecule has 0 saturated carbocycles. The summed E-state index contributed by atoms with van der Waals surface area (Å²) in [4.78, 5) is 0.0707. The van der Waals surface area contributed by atoms with Crippen molar-refractivity contribution in [3.63, 3.8) is 0 Å². The Bertz CT molecular complexity index is 775. The van der Waals surface area contributed by atoms with Gasteiger partial charge in [-0.1, -0.05) is 0 Å². The Labute approximate surface area is 135 Å². The maximum Gasteiger partial charge on any atom is 0.264 e. The lowest BCUT2D eigenvalue weighted by atomic mass is 10.3. The Kier molecular flexibility index (Phi) is 5.10. The van der Waals surface area contributed by atoms with Gasteiger partial charge in [0.2, 0.25) is 0 Å². The van der Waals surface area contributed by atoms with Gasteiger partial charge in [0.15, 0.2) is 11.5 Å². The Morgan fingerprint density at radius 3 is 2.13 bits per heavy atom. The molecule has 0 spiro atoms. The first-order valence-corrected chi connectivity index (χ1v) is 8.38. The fourth-order valence-electron chi connectivity index (χ4n) is 2.20. The van der Waals surface area contributed by atoms with Crippen molar-refractivity contribution in [3.05, 3.63) is 48.3 Å². The molecule has 0 heterocycles. The lowest BCUT2D eigenvalue weighted by Crippen LogP contribution is -2.30. The smallest absolute Gasteiger partial charge is 0.264 e. The SMILES string of the molecule is CCN(c1ccc(F)cc1)S(=O)(=O)c1ccc(OC)c(OC)c1. The molecule has 7 heteroatoms. The molecule has 0 aliphatic carbocycles. The number of benzene rings is 2. The van der Waals surface area contributed by atoms with Crippen LogP contribution in [0.4, 0.5) is 10.1 Å². The molecule has 124 valence electrons. The molecular weight excluding hydrogens is 321 g/mol. The third-order valence-corrected chi connectivity index (χ3v) is 5.24. The molecule has 0 unspecified atom stereocenters. The van der Waals surface area contributed by atoms with Crippen LogP contribution in [0.15, 0.2) is 47.4 Å². The van der Waals surface area contributed by atoms with E-state index in [1.54, 1.807) is 6.92 Å². The summed E-state index contributed by atoms with van der Waals surface area (Å²) in [7, 11) is -0.888. The van der Waals surface area contributed by atoms with Crippen molar-refractivity contribution in [2.24, 2.45) is 0 Å². The summed E-state index contributed by atoms with van der Waals surface area (Å²) in [6.07, 6.45) is 0. The molecule has 0 bridgehead atoms. The summed E-state index contributed by atoms with van der Waals surface area (Å²) < 4.78 is 50.2. The van der Waals surface area contributed by atoms with Crippen LogP contribution in [0.2, 0.25) is 0 Å². The molecule has 5 nitrogen and oxygen atoms in total. The van der Waals surface area contributed by atoms with Crippen LogP contribution in [0.3, 0.4) is 0 Å². The van der Waals surface area contributed by atoms with Crippen LogP contribution in [0, 0.1) is 5.82 Å². The number of halogens is 1. The van der Waals surface area contributed by atoms with E-state index in [2.05, 4.69) is 0 Å². The molecule has 0 aliphatic rings. The second-order valence-electron chi connectivity index (χ2n) is 4.66. The molecule has 23 heavy (non-hydrogen) atoms. The standard InChI is InChI=1S/C16H18FNO4S/c1-4-18(13-7-5-12(17)6-8-13)23(19,20)14-9-10-15(21-2)16(11-14)22-3/h5-11H,4H2,1-3H3. The summed E-state index contributed by atoms with van der Waals surface area (Å²) in [6, 6.07) is 9.69. The van der Waals surface area contributed by atoms with Crippen LogP contribution < -0.4 is 13.8 Å². The highest BCUT2D eigenvalue weighted by Gasteiger charge is 2.25. The van der Waals surface area contributed by atoms with Gasteiger partial charge >= 0.3 is 0 Å². The minimum Gasteiger partial charge on any atom is -0.493 e. The molecule has 2 rings (SSSR count). The van der Waals surface area contributed by atoms with Crippen molar-refractivity contribution in [1.82, 2.24) is 0 Å². The van der Waals surface area contributed by atoms with Crippen molar-refractivity contribution in [2.75, 3.05) is 25.1 Å². The molecule has 0 amide bonds. The molecule has 0 N–H and O–H groups in total. The van der Waals surface area contributed by atoms with E-state index >= 15 is 0 Å². The zero-order valence-electron chi connectivity index (χ0n) is 13.1. The zero-order valence-corrected chi connectivity index (χ0v) is 13.9. The van der Waals surface area contributed by atoms with E-state index in [9.17, 15) is 12.8 Å². The van der Waals surface area contributed by atoms with E-state index in [1.807, 2.05) is 0 Å². The molecule has 0 aliphatic heterocycles. The van der Waals surface area contributed by atoms with Crippen LogP contribution in [-0.2, 0) is 10.0 Å². The quantitative estimate of drug-likeness (QED) is 0.812. The van der Waals surface area contributed by atoms with Gasteiger partial charge in [-0.05, 0) is 43.3 Å². The Balaban J connectivity index is 2.48. The molecule has 0 aromatic heterocycles. The highest BCUT2D eigenvalue weighted by atomic mass is 32.2. The number of methoxy groups -OCH3 is 2. The molecule has 0 radical (unpaired) electrons. The highest BCUT2D eigenvalue weighted by Crippen LogP contribution is 2.32. The number of nitrogens with zero attached hydrogens (tertiary/aromatic N) is 1. The number of sulfonamides is 1.